The van der Waals surface area contributed by atoms with Crippen molar-refractivity contribution in [1.82, 2.24) is 10.6 Å². The molecule has 180 valence electrons. The molecule has 2 heterocycles. The molecule has 1 saturated heterocycles. The number of hydrogen-bond acceptors (Lipinski definition) is 7. The SMILES string of the molecule is O=C(NC1CS(=O)(=O)CC1NC(=O)C(F)C1(O)CCCC1)C1CC(c2cccc(Br)c2)=NO1. The summed E-state index contributed by atoms with van der Waals surface area (Å²) in [6, 6.07) is 5.38. The Hall–Kier alpha value is -2.05. The maximum atomic E-state index is 14.7. The largest absolute Gasteiger partial charge is 0.386 e. The molecule has 12 heteroatoms. The van der Waals surface area contributed by atoms with Gasteiger partial charge in [0.2, 0.25) is 12.3 Å². The van der Waals surface area contributed by atoms with Crippen LogP contribution in [0.3, 0.4) is 0 Å². The average Bonchev–Trinajstić information content (AvgIpc) is 3.47. The molecule has 1 saturated carbocycles. The number of alkyl halides is 1. The lowest BCUT2D eigenvalue weighted by Crippen LogP contribution is -2.56. The summed E-state index contributed by atoms with van der Waals surface area (Å²) in [4.78, 5) is 30.4. The van der Waals surface area contributed by atoms with E-state index in [1.165, 1.54) is 0 Å². The fourth-order valence-electron chi connectivity index (χ4n) is 4.50. The van der Waals surface area contributed by atoms with Gasteiger partial charge in [-0.3, -0.25) is 9.59 Å². The van der Waals surface area contributed by atoms with Crippen LogP contribution in [-0.2, 0) is 24.3 Å². The zero-order valence-electron chi connectivity index (χ0n) is 17.7. The summed E-state index contributed by atoms with van der Waals surface area (Å²) in [5.74, 6) is -2.47. The highest BCUT2D eigenvalue weighted by Gasteiger charge is 2.47. The fraction of sp³-hybridized carbons (Fsp3) is 0.571. The molecule has 3 aliphatic rings. The van der Waals surface area contributed by atoms with E-state index in [4.69, 9.17) is 4.84 Å². The van der Waals surface area contributed by atoms with E-state index >= 15 is 0 Å². The molecule has 3 N–H and O–H groups in total. The molecule has 2 aliphatic heterocycles. The monoisotopic (exact) mass is 545 g/mol. The molecule has 9 nitrogen and oxygen atoms in total. The fourth-order valence-corrected chi connectivity index (χ4v) is 6.77. The lowest BCUT2D eigenvalue weighted by atomic mass is 9.95. The first kappa shape index (κ1) is 24.1. The molecule has 1 aromatic carbocycles. The van der Waals surface area contributed by atoms with E-state index in [0.717, 1.165) is 10.0 Å². The number of rotatable bonds is 6. The molecule has 0 spiro atoms. The van der Waals surface area contributed by atoms with Crippen molar-refractivity contribution in [1.29, 1.82) is 0 Å². The minimum atomic E-state index is -3.57. The highest BCUT2D eigenvalue weighted by molar-refractivity contribution is 9.10. The third-order valence-electron chi connectivity index (χ3n) is 6.30. The maximum absolute atomic E-state index is 14.7. The first-order chi connectivity index (χ1) is 15.6. The van der Waals surface area contributed by atoms with Crippen molar-refractivity contribution in [2.75, 3.05) is 11.5 Å². The smallest absolute Gasteiger partial charge is 0.264 e. The normalized spacial score (nSPS) is 28.6. The van der Waals surface area contributed by atoms with Gasteiger partial charge >= 0.3 is 0 Å². The molecule has 2 amide bonds. The number of amides is 2. The molecule has 4 atom stereocenters. The van der Waals surface area contributed by atoms with E-state index in [1.807, 2.05) is 24.3 Å². The van der Waals surface area contributed by atoms with Crippen LogP contribution in [0.4, 0.5) is 4.39 Å². The number of benzene rings is 1. The van der Waals surface area contributed by atoms with Crippen molar-refractivity contribution in [2.45, 2.75) is 62.1 Å². The Morgan fingerprint density at radius 3 is 2.55 bits per heavy atom. The summed E-state index contributed by atoms with van der Waals surface area (Å²) in [5.41, 5.74) is -0.379. The first-order valence-corrected chi connectivity index (χ1v) is 13.3. The topological polar surface area (TPSA) is 134 Å². The Kier molecular flexibility index (Phi) is 6.79. The third-order valence-corrected chi connectivity index (χ3v) is 8.53. The molecule has 33 heavy (non-hydrogen) atoms. The van der Waals surface area contributed by atoms with Gasteiger partial charge in [-0.15, -0.1) is 0 Å². The lowest BCUT2D eigenvalue weighted by molar-refractivity contribution is -0.138. The highest BCUT2D eigenvalue weighted by atomic mass is 79.9. The number of halogens is 2. The van der Waals surface area contributed by atoms with E-state index in [1.54, 1.807) is 0 Å². The minimum absolute atomic E-state index is 0.171. The summed E-state index contributed by atoms with van der Waals surface area (Å²) in [6.45, 7) is 0. The summed E-state index contributed by atoms with van der Waals surface area (Å²) in [5, 5.41) is 19.3. The van der Waals surface area contributed by atoms with Gasteiger partial charge in [0.25, 0.3) is 11.8 Å². The quantitative estimate of drug-likeness (QED) is 0.487. The van der Waals surface area contributed by atoms with E-state index in [-0.39, 0.29) is 19.3 Å². The third kappa shape index (κ3) is 5.38. The van der Waals surface area contributed by atoms with E-state index < -0.39 is 63.1 Å². The number of nitrogens with zero attached hydrogens (tertiary/aromatic N) is 1. The van der Waals surface area contributed by atoms with Crippen LogP contribution in [0, 0.1) is 0 Å². The van der Waals surface area contributed by atoms with Gasteiger partial charge in [-0.1, -0.05) is 46.1 Å². The van der Waals surface area contributed by atoms with Crippen molar-refractivity contribution in [2.24, 2.45) is 5.16 Å². The van der Waals surface area contributed by atoms with Crippen LogP contribution in [0.5, 0.6) is 0 Å². The number of oxime groups is 1. The molecular formula is C21H25BrFN3O6S. The van der Waals surface area contributed by atoms with Crippen molar-refractivity contribution in [3.05, 3.63) is 34.3 Å². The number of sulfone groups is 1. The summed E-state index contributed by atoms with van der Waals surface area (Å²) >= 11 is 3.37. The van der Waals surface area contributed by atoms with E-state index in [0.29, 0.717) is 18.6 Å². The summed E-state index contributed by atoms with van der Waals surface area (Å²) in [6.07, 6.45) is -1.35. The average molecular weight is 546 g/mol. The Balaban J connectivity index is 1.38. The Morgan fingerprint density at radius 1 is 1.21 bits per heavy atom. The predicted molar refractivity (Wildman–Crippen MR) is 121 cm³/mol. The highest BCUT2D eigenvalue weighted by Crippen LogP contribution is 2.34. The summed E-state index contributed by atoms with van der Waals surface area (Å²) in [7, 11) is -3.57. The lowest BCUT2D eigenvalue weighted by Gasteiger charge is -2.28. The molecule has 0 aromatic heterocycles. The van der Waals surface area contributed by atoms with Crippen molar-refractivity contribution >= 4 is 43.3 Å². The van der Waals surface area contributed by atoms with Crippen LogP contribution < -0.4 is 10.6 Å². The van der Waals surface area contributed by atoms with Crippen LogP contribution in [0.15, 0.2) is 33.9 Å². The van der Waals surface area contributed by atoms with Crippen LogP contribution in [-0.4, -0.2) is 72.5 Å². The number of aliphatic hydroxyl groups is 1. The zero-order valence-corrected chi connectivity index (χ0v) is 20.1. The van der Waals surface area contributed by atoms with Crippen molar-refractivity contribution < 1.29 is 32.3 Å². The molecule has 0 bridgehead atoms. The van der Waals surface area contributed by atoms with Gasteiger partial charge in [0, 0.05) is 16.5 Å². The van der Waals surface area contributed by atoms with E-state index in [2.05, 4.69) is 31.7 Å². The first-order valence-electron chi connectivity index (χ1n) is 10.7. The maximum Gasteiger partial charge on any atom is 0.264 e. The standard InChI is InChI=1S/C21H25BrFN3O6S/c22-13-5-3-4-12(8-13)14-9-17(32-26-14)19(27)24-15-10-33(30,31)11-16(15)25-20(28)18(23)21(29)6-1-2-7-21/h3-5,8,15-18,29H,1-2,6-7,9-11H2,(H,24,27)(H,25,28). The number of carbonyl (C=O) groups excluding carboxylic acids is 2. The van der Waals surface area contributed by atoms with Gasteiger partial charge in [-0.25, -0.2) is 12.8 Å². The molecule has 1 aliphatic carbocycles. The van der Waals surface area contributed by atoms with Crippen LogP contribution in [0.2, 0.25) is 0 Å². The minimum Gasteiger partial charge on any atom is -0.386 e. The Labute approximate surface area is 199 Å². The van der Waals surface area contributed by atoms with Gasteiger partial charge in [-0.05, 0) is 25.0 Å². The van der Waals surface area contributed by atoms with E-state index in [9.17, 15) is 27.5 Å². The predicted octanol–water partition coefficient (Wildman–Crippen LogP) is 0.983. The van der Waals surface area contributed by atoms with Crippen LogP contribution >= 0.6 is 15.9 Å². The molecular weight excluding hydrogens is 521 g/mol. The summed E-state index contributed by atoms with van der Waals surface area (Å²) < 4.78 is 39.9. The van der Waals surface area contributed by atoms with Crippen molar-refractivity contribution in [3.63, 3.8) is 0 Å². The van der Waals surface area contributed by atoms with Gasteiger partial charge in [-0.2, -0.15) is 0 Å². The second kappa shape index (κ2) is 9.30. The van der Waals surface area contributed by atoms with Gasteiger partial charge in [0.05, 0.1) is 29.3 Å². The van der Waals surface area contributed by atoms with Crippen molar-refractivity contribution in [3.8, 4) is 0 Å². The van der Waals surface area contributed by atoms with Gasteiger partial charge < -0.3 is 20.6 Å². The molecule has 1 aromatic rings. The Morgan fingerprint density at radius 2 is 1.88 bits per heavy atom. The number of nitrogens with one attached hydrogen (secondary N) is 2. The molecule has 0 radical (unpaired) electrons. The molecule has 4 unspecified atom stereocenters. The van der Waals surface area contributed by atoms with Crippen LogP contribution in [0.25, 0.3) is 0 Å². The van der Waals surface area contributed by atoms with Gasteiger partial charge in [0.15, 0.2) is 9.84 Å². The number of carbonyl (C=O) groups is 2. The Bertz CT molecular complexity index is 1080. The second-order valence-corrected chi connectivity index (χ2v) is 11.9. The zero-order chi connectivity index (χ0) is 23.8. The molecule has 2 fully saturated rings. The number of hydrogen-bond donors (Lipinski definition) is 3. The molecule has 4 rings (SSSR count). The van der Waals surface area contributed by atoms with Gasteiger partial charge in [0.1, 0.15) is 5.60 Å². The van der Waals surface area contributed by atoms with Crippen LogP contribution in [0.1, 0.15) is 37.7 Å². The second-order valence-electron chi connectivity index (χ2n) is 8.83.